The van der Waals surface area contributed by atoms with Gasteiger partial charge in [0, 0.05) is 0 Å². The van der Waals surface area contributed by atoms with Crippen LogP contribution in [0.25, 0.3) is 0 Å². The number of rotatable bonds is 7. The van der Waals surface area contributed by atoms with Gasteiger partial charge >= 0.3 is 0 Å². The Kier molecular flexibility index (Phi) is 6.65. The van der Waals surface area contributed by atoms with Gasteiger partial charge in [0.05, 0.1) is 8.07 Å². The maximum Gasteiger partial charge on any atom is 0.121 e. The van der Waals surface area contributed by atoms with Crippen LogP contribution in [-0.4, -0.2) is 16.9 Å². The normalized spacial score (nSPS) is 12.6. The summed E-state index contributed by atoms with van der Waals surface area (Å²) < 4.78 is 0. The smallest absolute Gasteiger partial charge is 0.0690 e. The highest BCUT2D eigenvalue weighted by Crippen LogP contribution is 2.39. The van der Waals surface area contributed by atoms with Gasteiger partial charge in [-0.25, -0.2) is 0 Å². The van der Waals surface area contributed by atoms with E-state index in [1.54, 1.807) is 10.4 Å². The Hall–Kier alpha value is -1.13. The van der Waals surface area contributed by atoms with Crippen LogP contribution in [0.1, 0.15) is 33.6 Å². The Bertz CT molecular complexity index is 557. The molecule has 129 valence electrons. The molecule has 0 spiro atoms. The SMILES string of the molecule is CC(C)(C)[Si](C)(C)CCCC[Si](c1ccccc1)c1ccccc1. The van der Waals surface area contributed by atoms with Gasteiger partial charge in [-0.2, -0.15) is 0 Å². The van der Waals surface area contributed by atoms with E-state index in [1.165, 1.54) is 24.9 Å². The van der Waals surface area contributed by atoms with Crippen LogP contribution in [0.15, 0.2) is 60.7 Å². The predicted octanol–water partition coefficient (Wildman–Crippen LogP) is 5.58. The van der Waals surface area contributed by atoms with E-state index in [0.717, 1.165) is 0 Å². The van der Waals surface area contributed by atoms with Gasteiger partial charge in [-0.3, -0.25) is 0 Å². The predicted molar refractivity (Wildman–Crippen MR) is 114 cm³/mol. The second-order valence-corrected chi connectivity index (χ2v) is 16.9. The third-order valence-electron chi connectivity index (χ3n) is 5.75. The van der Waals surface area contributed by atoms with Crippen LogP contribution >= 0.6 is 0 Å². The first-order valence-corrected chi connectivity index (χ1v) is 14.2. The molecule has 2 aromatic rings. The van der Waals surface area contributed by atoms with Crippen molar-refractivity contribution < 1.29 is 0 Å². The molecule has 0 heterocycles. The standard InChI is InChI=1S/C22H33Si2/c1-22(2,3)24(4,5)19-13-12-18-23(20-14-8-6-9-15-20)21-16-10-7-11-17-21/h6-11,14-17H,12-13,18-19H2,1-5H3. The van der Waals surface area contributed by atoms with E-state index in [9.17, 15) is 0 Å². The molecular formula is C22H33Si2. The van der Waals surface area contributed by atoms with E-state index in [1.807, 2.05) is 0 Å². The van der Waals surface area contributed by atoms with E-state index >= 15 is 0 Å². The minimum atomic E-state index is -1.12. The van der Waals surface area contributed by atoms with Crippen molar-refractivity contribution in [3.8, 4) is 0 Å². The topological polar surface area (TPSA) is 0 Å². The van der Waals surface area contributed by atoms with Crippen molar-refractivity contribution in [1.29, 1.82) is 0 Å². The van der Waals surface area contributed by atoms with Crippen LogP contribution in [0.2, 0.25) is 30.2 Å². The molecular weight excluding hydrogens is 320 g/mol. The maximum absolute atomic E-state index is 2.56. The van der Waals surface area contributed by atoms with Gasteiger partial charge in [0.2, 0.25) is 0 Å². The lowest BCUT2D eigenvalue weighted by molar-refractivity contribution is 0.701. The molecule has 0 aliphatic rings. The number of hydrogen-bond donors (Lipinski definition) is 0. The molecule has 2 rings (SSSR count). The van der Waals surface area contributed by atoms with Gasteiger partial charge in [-0.1, -0.05) is 130 Å². The van der Waals surface area contributed by atoms with Crippen molar-refractivity contribution in [2.24, 2.45) is 0 Å². The first-order valence-electron chi connectivity index (χ1n) is 9.28. The summed E-state index contributed by atoms with van der Waals surface area (Å²) in [5.41, 5.74) is 0. The van der Waals surface area contributed by atoms with Crippen molar-refractivity contribution in [2.45, 2.75) is 63.8 Å². The van der Waals surface area contributed by atoms with Crippen molar-refractivity contribution >= 4 is 27.2 Å². The zero-order valence-corrected chi connectivity index (χ0v) is 18.1. The van der Waals surface area contributed by atoms with Crippen molar-refractivity contribution in [3.05, 3.63) is 60.7 Å². The van der Waals surface area contributed by atoms with Gasteiger partial charge in [-0.05, 0) is 5.04 Å². The summed E-state index contributed by atoms with van der Waals surface area (Å²) in [5, 5.41) is 3.63. The van der Waals surface area contributed by atoms with Crippen molar-refractivity contribution in [2.75, 3.05) is 0 Å². The monoisotopic (exact) mass is 353 g/mol. The second-order valence-electron chi connectivity index (χ2n) is 8.55. The lowest BCUT2D eigenvalue weighted by Gasteiger charge is -2.37. The summed E-state index contributed by atoms with van der Waals surface area (Å²) in [4.78, 5) is 0. The van der Waals surface area contributed by atoms with Gasteiger partial charge in [-0.15, -0.1) is 0 Å². The van der Waals surface area contributed by atoms with Crippen LogP contribution in [0.4, 0.5) is 0 Å². The average Bonchev–Trinajstić information content (AvgIpc) is 2.55. The molecule has 2 aromatic carbocycles. The van der Waals surface area contributed by atoms with Crippen LogP contribution in [0.5, 0.6) is 0 Å². The minimum absolute atomic E-state index is 0.514. The lowest BCUT2D eigenvalue weighted by Crippen LogP contribution is -2.42. The van der Waals surface area contributed by atoms with E-state index in [0.29, 0.717) is 5.04 Å². The minimum Gasteiger partial charge on any atom is -0.0690 e. The third-order valence-corrected chi connectivity index (χ3v) is 14.3. The largest absolute Gasteiger partial charge is 0.121 e. The summed E-state index contributed by atoms with van der Waals surface area (Å²) in [6.45, 7) is 12.4. The Balaban J connectivity index is 2.01. The van der Waals surface area contributed by atoms with Crippen LogP contribution in [-0.2, 0) is 0 Å². The first-order chi connectivity index (χ1) is 11.3. The molecule has 0 bridgehead atoms. The maximum atomic E-state index is 2.56. The molecule has 2 heteroatoms. The Labute approximate surface area is 151 Å². The molecule has 0 fully saturated rings. The van der Waals surface area contributed by atoms with Gasteiger partial charge in [0.1, 0.15) is 8.80 Å². The van der Waals surface area contributed by atoms with Crippen LogP contribution in [0.3, 0.4) is 0 Å². The van der Waals surface area contributed by atoms with E-state index in [2.05, 4.69) is 94.5 Å². The molecule has 0 aliphatic heterocycles. The highest BCUT2D eigenvalue weighted by Gasteiger charge is 2.34. The molecule has 0 amide bonds. The molecule has 0 N–H and O–H groups in total. The molecule has 0 saturated carbocycles. The van der Waals surface area contributed by atoms with Gasteiger partial charge in [0.25, 0.3) is 0 Å². The van der Waals surface area contributed by atoms with E-state index < -0.39 is 16.9 Å². The Morgan fingerprint density at radius 2 is 1.21 bits per heavy atom. The molecule has 0 atom stereocenters. The summed E-state index contributed by atoms with van der Waals surface area (Å²) in [6.07, 6.45) is 2.76. The molecule has 0 unspecified atom stereocenters. The fourth-order valence-electron chi connectivity index (χ4n) is 2.98. The van der Waals surface area contributed by atoms with Gasteiger partial charge < -0.3 is 0 Å². The Morgan fingerprint density at radius 1 is 0.750 bits per heavy atom. The number of benzene rings is 2. The number of unbranched alkanes of at least 4 members (excludes halogenated alkanes) is 1. The quantitative estimate of drug-likeness (QED) is 0.450. The second kappa shape index (κ2) is 8.31. The summed E-state index contributed by atoms with van der Waals surface area (Å²) >= 11 is 0. The fraction of sp³-hybridized carbons (Fsp3) is 0.455. The van der Waals surface area contributed by atoms with E-state index in [4.69, 9.17) is 0 Å². The fourth-order valence-corrected chi connectivity index (χ4v) is 7.57. The van der Waals surface area contributed by atoms with Crippen molar-refractivity contribution in [1.82, 2.24) is 0 Å². The zero-order chi connectivity index (χ0) is 17.6. The zero-order valence-electron chi connectivity index (χ0n) is 16.1. The molecule has 0 nitrogen and oxygen atoms in total. The average molecular weight is 354 g/mol. The number of hydrogen-bond acceptors (Lipinski definition) is 0. The molecule has 24 heavy (non-hydrogen) atoms. The highest BCUT2D eigenvalue weighted by molar-refractivity contribution is 6.85. The highest BCUT2D eigenvalue weighted by atomic mass is 28.3. The van der Waals surface area contributed by atoms with Crippen LogP contribution in [0, 0.1) is 0 Å². The third kappa shape index (κ3) is 5.19. The summed E-state index contributed by atoms with van der Waals surface area (Å²) in [5.74, 6) is 0. The summed E-state index contributed by atoms with van der Waals surface area (Å²) in [7, 11) is -1.76. The molecule has 1 radical (unpaired) electrons. The Morgan fingerprint density at radius 3 is 1.62 bits per heavy atom. The van der Waals surface area contributed by atoms with Crippen molar-refractivity contribution in [3.63, 3.8) is 0 Å². The molecule has 0 aromatic heterocycles. The summed E-state index contributed by atoms with van der Waals surface area (Å²) in [6, 6.07) is 25.2. The molecule has 0 saturated heterocycles. The van der Waals surface area contributed by atoms with Crippen LogP contribution < -0.4 is 10.4 Å². The van der Waals surface area contributed by atoms with Gasteiger partial charge in [0.15, 0.2) is 0 Å². The molecule has 0 aliphatic carbocycles. The first kappa shape index (κ1) is 19.2. The van der Waals surface area contributed by atoms with E-state index in [-0.39, 0.29) is 0 Å². The lowest BCUT2D eigenvalue weighted by atomic mass is 10.2.